The van der Waals surface area contributed by atoms with Gasteiger partial charge in [-0.1, -0.05) is 0 Å². The number of aromatic nitrogens is 3. The lowest BCUT2D eigenvalue weighted by molar-refractivity contribution is 0.192. The van der Waals surface area contributed by atoms with Crippen molar-refractivity contribution in [3.05, 3.63) is 22.8 Å². The highest BCUT2D eigenvalue weighted by atomic mass is 79.9. The Labute approximate surface area is 115 Å². The van der Waals surface area contributed by atoms with E-state index in [1.54, 1.807) is 11.6 Å². The lowest BCUT2D eigenvalue weighted by atomic mass is 10.2. The van der Waals surface area contributed by atoms with Crippen molar-refractivity contribution in [1.82, 2.24) is 14.6 Å². The van der Waals surface area contributed by atoms with Crippen molar-refractivity contribution >= 4 is 27.5 Å². The maximum atomic E-state index is 5.00. The highest BCUT2D eigenvalue weighted by Gasteiger charge is 2.02. The molecule has 2 aromatic heterocycles. The highest BCUT2D eigenvalue weighted by molar-refractivity contribution is 9.10. The Morgan fingerprint density at radius 3 is 3.06 bits per heavy atom. The van der Waals surface area contributed by atoms with Crippen LogP contribution in [0, 0.1) is 0 Å². The van der Waals surface area contributed by atoms with Crippen molar-refractivity contribution in [2.75, 3.05) is 25.6 Å². The summed E-state index contributed by atoms with van der Waals surface area (Å²) in [5, 5.41) is 7.58. The third kappa shape index (κ3) is 3.68. The summed E-state index contributed by atoms with van der Waals surface area (Å²) in [4.78, 5) is 4.38. The number of methoxy groups -OCH3 is 1. The average molecular weight is 313 g/mol. The van der Waals surface area contributed by atoms with Crippen molar-refractivity contribution in [3.63, 3.8) is 0 Å². The van der Waals surface area contributed by atoms with E-state index in [2.05, 4.69) is 31.3 Å². The Balaban J connectivity index is 1.81. The van der Waals surface area contributed by atoms with Crippen LogP contribution in [0.4, 0.5) is 5.95 Å². The number of rotatable bonds is 7. The van der Waals surface area contributed by atoms with Gasteiger partial charge in [0, 0.05) is 30.9 Å². The summed E-state index contributed by atoms with van der Waals surface area (Å²) in [5.41, 5.74) is 0.847. The molecule has 0 atom stereocenters. The molecule has 0 saturated heterocycles. The predicted molar refractivity (Wildman–Crippen MR) is 74.9 cm³/mol. The molecule has 0 spiro atoms. The number of halogens is 1. The van der Waals surface area contributed by atoms with Gasteiger partial charge in [-0.25, -0.2) is 4.52 Å². The van der Waals surface area contributed by atoms with Gasteiger partial charge in [-0.15, -0.1) is 5.10 Å². The Kier molecular flexibility index (Phi) is 4.95. The number of ether oxygens (including phenoxy) is 1. The Hall–Kier alpha value is -1.14. The maximum absolute atomic E-state index is 5.00. The van der Waals surface area contributed by atoms with E-state index in [1.165, 1.54) is 0 Å². The molecule has 0 aliphatic heterocycles. The van der Waals surface area contributed by atoms with Crippen LogP contribution in [0.5, 0.6) is 0 Å². The first-order valence-electron chi connectivity index (χ1n) is 6.04. The highest BCUT2D eigenvalue weighted by Crippen LogP contribution is 2.12. The van der Waals surface area contributed by atoms with E-state index in [9.17, 15) is 0 Å². The molecule has 6 heteroatoms. The van der Waals surface area contributed by atoms with Crippen LogP contribution in [-0.2, 0) is 4.74 Å². The second kappa shape index (κ2) is 6.70. The van der Waals surface area contributed by atoms with Crippen LogP contribution in [0.3, 0.4) is 0 Å². The van der Waals surface area contributed by atoms with E-state index in [-0.39, 0.29) is 0 Å². The average Bonchev–Trinajstić information content (AvgIpc) is 2.75. The van der Waals surface area contributed by atoms with Crippen molar-refractivity contribution in [2.45, 2.75) is 19.3 Å². The Bertz CT molecular complexity index is 500. The lowest BCUT2D eigenvalue weighted by Gasteiger charge is -2.01. The first-order valence-corrected chi connectivity index (χ1v) is 6.83. The molecule has 0 aliphatic carbocycles. The summed E-state index contributed by atoms with van der Waals surface area (Å²) in [5.74, 6) is 0.680. The molecule has 0 radical (unpaired) electrons. The summed E-state index contributed by atoms with van der Waals surface area (Å²) in [6, 6.07) is 3.89. The molecule has 0 amide bonds. The molecule has 0 saturated carbocycles. The van der Waals surface area contributed by atoms with Crippen molar-refractivity contribution in [3.8, 4) is 0 Å². The minimum Gasteiger partial charge on any atom is -0.385 e. The van der Waals surface area contributed by atoms with Gasteiger partial charge in [0.15, 0.2) is 5.65 Å². The monoisotopic (exact) mass is 312 g/mol. The number of unbranched alkanes of at least 4 members (excludes halogenated alkanes) is 2. The molecular weight excluding hydrogens is 296 g/mol. The second-order valence-corrected chi connectivity index (χ2v) is 4.98. The standard InChI is InChI=1S/C12H17BrN4O/c1-18-8-4-2-3-7-14-12-15-11-6-5-10(13)9-17(11)16-12/h5-6,9H,2-4,7-8H2,1H3,(H,14,16). The SMILES string of the molecule is COCCCCCNc1nc2ccc(Br)cn2n1. The van der Waals surface area contributed by atoms with Crippen LogP contribution in [0.15, 0.2) is 22.8 Å². The lowest BCUT2D eigenvalue weighted by Crippen LogP contribution is -2.03. The van der Waals surface area contributed by atoms with Gasteiger partial charge >= 0.3 is 0 Å². The first-order chi connectivity index (χ1) is 8.79. The summed E-state index contributed by atoms with van der Waals surface area (Å²) < 4.78 is 7.76. The topological polar surface area (TPSA) is 51.5 Å². The third-order valence-corrected chi connectivity index (χ3v) is 3.07. The van der Waals surface area contributed by atoms with Gasteiger partial charge in [0.2, 0.25) is 5.95 Å². The zero-order valence-electron chi connectivity index (χ0n) is 10.4. The van der Waals surface area contributed by atoms with Gasteiger partial charge in [0.05, 0.1) is 0 Å². The van der Waals surface area contributed by atoms with Crippen molar-refractivity contribution in [1.29, 1.82) is 0 Å². The van der Waals surface area contributed by atoms with Gasteiger partial charge in [-0.2, -0.15) is 4.98 Å². The van der Waals surface area contributed by atoms with Gasteiger partial charge in [0.25, 0.3) is 0 Å². The number of fused-ring (bicyclic) bond motifs is 1. The smallest absolute Gasteiger partial charge is 0.243 e. The molecule has 0 aromatic carbocycles. The predicted octanol–water partition coefficient (Wildman–Crippen LogP) is 2.72. The Morgan fingerprint density at radius 2 is 2.22 bits per heavy atom. The molecular formula is C12H17BrN4O. The van der Waals surface area contributed by atoms with Gasteiger partial charge in [-0.3, -0.25) is 0 Å². The maximum Gasteiger partial charge on any atom is 0.243 e. The molecule has 0 bridgehead atoms. The molecule has 0 fully saturated rings. The van der Waals surface area contributed by atoms with E-state index >= 15 is 0 Å². The molecule has 98 valence electrons. The Morgan fingerprint density at radius 1 is 1.33 bits per heavy atom. The van der Waals surface area contributed by atoms with E-state index in [0.717, 1.165) is 42.5 Å². The van der Waals surface area contributed by atoms with Crippen molar-refractivity contribution < 1.29 is 4.74 Å². The fourth-order valence-electron chi connectivity index (χ4n) is 1.68. The second-order valence-electron chi connectivity index (χ2n) is 4.07. The normalized spacial score (nSPS) is 11.0. The van der Waals surface area contributed by atoms with E-state index < -0.39 is 0 Å². The van der Waals surface area contributed by atoms with E-state index in [0.29, 0.717) is 5.95 Å². The molecule has 18 heavy (non-hydrogen) atoms. The summed E-state index contributed by atoms with van der Waals surface area (Å²) in [6.07, 6.45) is 5.25. The first kappa shape index (κ1) is 13.3. The quantitative estimate of drug-likeness (QED) is 0.799. The number of anilines is 1. The minimum atomic E-state index is 0.680. The van der Waals surface area contributed by atoms with Gasteiger partial charge in [-0.05, 0) is 47.3 Å². The van der Waals surface area contributed by atoms with Crippen LogP contribution in [0.25, 0.3) is 5.65 Å². The van der Waals surface area contributed by atoms with Crippen LogP contribution >= 0.6 is 15.9 Å². The zero-order valence-corrected chi connectivity index (χ0v) is 12.0. The molecule has 1 N–H and O–H groups in total. The largest absolute Gasteiger partial charge is 0.385 e. The number of hydrogen-bond acceptors (Lipinski definition) is 4. The fraction of sp³-hybridized carbons (Fsp3) is 0.500. The van der Waals surface area contributed by atoms with Crippen molar-refractivity contribution in [2.24, 2.45) is 0 Å². The fourth-order valence-corrected chi connectivity index (χ4v) is 2.01. The van der Waals surface area contributed by atoms with Gasteiger partial charge in [0.1, 0.15) is 0 Å². The van der Waals surface area contributed by atoms with Crippen LogP contribution in [0.1, 0.15) is 19.3 Å². The minimum absolute atomic E-state index is 0.680. The third-order valence-electron chi connectivity index (χ3n) is 2.60. The molecule has 0 unspecified atom stereocenters. The summed E-state index contributed by atoms with van der Waals surface area (Å²) >= 11 is 3.41. The molecule has 0 aliphatic rings. The number of nitrogens with one attached hydrogen (secondary N) is 1. The molecule has 5 nitrogen and oxygen atoms in total. The molecule has 2 rings (SSSR count). The van der Waals surface area contributed by atoms with Crippen LogP contribution in [0.2, 0.25) is 0 Å². The zero-order chi connectivity index (χ0) is 12.8. The van der Waals surface area contributed by atoms with Crippen LogP contribution in [-0.4, -0.2) is 34.9 Å². The summed E-state index contributed by atoms with van der Waals surface area (Å²) in [6.45, 7) is 1.72. The van der Waals surface area contributed by atoms with Crippen LogP contribution < -0.4 is 5.32 Å². The van der Waals surface area contributed by atoms with E-state index in [4.69, 9.17) is 4.74 Å². The number of hydrogen-bond donors (Lipinski definition) is 1. The van der Waals surface area contributed by atoms with E-state index in [1.807, 2.05) is 18.3 Å². The molecule has 2 aromatic rings. The summed E-state index contributed by atoms with van der Waals surface area (Å²) in [7, 11) is 1.73. The number of pyridine rings is 1. The number of nitrogens with zero attached hydrogens (tertiary/aromatic N) is 3. The van der Waals surface area contributed by atoms with Gasteiger partial charge < -0.3 is 10.1 Å². The molecule has 2 heterocycles.